The summed E-state index contributed by atoms with van der Waals surface area (Å²) in [6, 6.07) is 5.64. The number of aliphatic hydroxyl groups excluding tert-OH is 1. The Kier molecular flexibility index (Phi) is 9.35. The summed E-state index contributed by atoms with van der Waals surface area (Å²) in [6.07, 6.45) is -0.554. The summed E-state index contributed by atoms with van der Waals surface area (Å²) in [4.78, 5) is 18.7. The van der Waals surface area contributed by atoms with Gasteiger partial charge in [-0.05, 0) is 17.7 Å². The van der Waals surface area contributed by atoms with E-state index in [-0.39, 0.29) is 12.5 Å². The van der Waals surface area contributed by atoms with Crippen molar-refractivity contribution in [3.63, 3.8) is 0 Å². The molecular formula is C22H35N3O6. The highest BCUT2D eigenvalue weighted by atomic mass is 16.5. The average molecular weight is 438 g/mol. The number of rotatable bonds is 10. The van der Waals surface area contributed by atoms with Crippen LogP contribution in [0.4, 0.5) is 0 Å². The molecule has 31 heavy (non-hydrogen) atoms. The van der Waals surface area contributed by atoms with E-state index in [1.807, 2.05) is 23.1 Å². The molecule has 1 N–H and O–H groups in total. The lowest BCUT2D eigenvalue weighted by atomic mass is 10.2. The van der Waals surface area contributed by atoms with Crippen LogP contribution in [0.25, 0.3) is 0 Å². The number of β-amino-alcohol motifs (C(OH)–C–C–N with tert-alkyl or cyclic N) is 1. The summed E-state index contributed by atoms with van der Waals surface area (Å²) in [6.45, 7) is 7.66. The number of morpholine rings is 1. The summed E-state index contributed by atoms with van der Waals surface area (Å²) < 4.78 is 21.5. The summed E-state index contributed by atoms with van der Waals surface area (Å²) in [5.74, 6) is 1.52. The fourth-order valence-corrected chi connectivity index (χ4v) is 3.87. The van der Waals surface area contributed by atoms with Gasteiger partial charge < -0.3 is 29.0 Å². The van der Waals surface area contributed by atoms with Crippen molar-refractivity contribution in [2.24, 2.45) is 0 Å². The molecule has 0 radical (unpaired) electrons. The van der Waals surface area contributed by atoms with Crippen LogP contribution < -0.4 is 9.47 Å². The molecule has 0 aromatic heterocycles. The smallest absolute Gasteiger partial charge is 0.236 e. The first-order chi connectivity index (χ1) is 15.1. The van der Waals surface area contributed by atoms with E-state index in [1.165, 1.54) is 0 Å². The first kappa shape index (κ1) is 23.7. The van der Waals surface area contributed by atoms with Crippen LogP contribution in [-0.2, 0) is 20.9 Å². The topological polar surface area (TPSA) is 83.9 Å². The van der Waals surface area contributed by atoms with Crippen LogP contribution in [0.1, 0.15) is 5.56 Å². The Balaban J connectivity index is 1.32. The van der Waals surface area contributed by atoms with E-state index in [9.17, 15) is 9.90 Å². The minimum Gasteiger partial charge on any atom is -0.493 e. The van der Waals surface area contributed by atoms with Crippen molar-refractivity contribution < 1.29 is 28.8 Å². The van der Waals surface area contributed by atoms with Crippen LogP contribution in [0, 0.1) is 0 Å². The third-order valence-electron chi connectivity index (χ3n) is 5.68. The fraction of sp³-hybridized carbons (Fsp3) is 0.682. The molecule has 2 fully saturated rings. The monoisotopic (exact) mass is 437 g/mol. The Morgan fingerprint density at radius 3 is 2.39 bits per heavy atom. The Hall–Kier alpha value is -1.91. The van der Waals surface area contributed by atoms with E-state index in [0.29, 0.717) is 57.5 Å². The van der Waals surface area contributed by atoms with Gasteiger partial charge in [0, 0.05) is 45.8 Å². The average Bonchev–Trinajstić information content (AvgIpc) is 2.80. The molecule has 0 spiro atoms. The van der Waals surface area contributed by atoms with Crippen molar-refractivity contribution in [2.45, 2.75) is 12.7 Å². The largest absolute Gasteiger partial charge is 0.493 e. The maximum atomic E-state index is 12.4. The van der Waals surface area contributed by atoms with Gasteiger partial charge in [0.25, 0.3) is 0 Å². The Labute approximate surface area is 184 Å². The lowest BCUT2D eigenvalue weighted by Crippen LogP contribution is -2.52. The van der Waals surface area contributed by atoms with Gasteiger partial charge in [-0.2, -0.15) is 0 Å². The highest BCUT2D eigenvalue weighted by Gasteiger charge is 2.23. The van der Waals surface area contributed by atoms with Crippen molar-refractivity contribution in [1.29, 1.82) is 0 Å². The second-order valence-corrected chi connectivity index (χ2v) is 7.93. The van der Waals surface area contributed by atoms with Crippen molar-refractivity contribution >= 4 is 5.91 Å². The van der Waals surface area contributed by atoms with Gasteiger partial charge >= 0.3 is 0 Å². The highest BCUT2D eigenvalue weighted by Crippen LogP contribution is 2.27. The fourth-order valence-electron chi connectivity index (χ4n) is 3.87. The summed E-state index contributed by atoms with van der Waals surface area (Å²) >= 11 is 0. The Morgan fingerprint density at radius 2 is 1.71 bits per heavy atom. The van der Waals surface area contributed by atoms with Crippen LogP contribution in [0.2, 0.25) is 0 Å². The van der Waals surface area contributed by atoms with Gasteiger partial charge in [-0.1, -0.05) is 6.07 Å². The highest BCUT2D eigenvalue weighted by molar-refractivity contribution is 5.78. The van der Waals surface area contributed by atoms with E-state index < -0.39 is 6.10 Å². The summed E-state index contributed by atoms with van der Waals surface area (Å²) in [5.41, 5.74) is 0.961. The molecule has 1 aromatic carbocycles. The zero-order chi connectivity index (χ0) is 22.1. The number of hydrogen-bond donors (Lipinski definition) is 1. The third kappa shape index (κ3) is 7.33. The number of benzene rings is 1. The third-order valence-corrected chi connectivity index (χ3v) is 5.68. The first-order valence-corrected chi connectivity index (χ1v) is 10.9. The molecule has 0 aliphatic carbocycles. The molecule has 1 unspecified atom stereocenters. The molecule has 9 nitrogen and oxygen atoms in total. The Bertz CT molecular complexity index is 690. The maximum Gasteiger partial charge on any atom is 0.236 e. The van der Waals surface area contributed by atoms with E-state index >= 15 is 0 Å². The zero-order valence-electron chi connectivity index (χ0n) is 18.6. The normalized spacial score (nSPS) is 19.3. The standard InChI is InChI=1S/C22H35N3O6/c1-28-20-4-3-18(13-21(20)29-2)16-31-17-19(26)14-23-5-7-24(8-6-23)15-22(27)25-9-11-30-12-10-25/h3-4,13,19,26H,5-12,14-17H2,1-2H3. The molecule has 1 aromatic rings. The summed E-state index contributed by atoms with van der Waals surface area (Å²) in [5, 5.41) is 10.3. The van der Waals surface area contributed by atoms with Gasteiger partial charge in [0.1, 0.15) is 0 Å². The number of carbonyl (C=O) groups is 1. The van der Waals surface area contributed by atoms with Crippen LogP contribution in [0.5, 0.6) is 11.5 Å². The van der Waals surface area contributed by atoms with Crippen molar-refractivity contribution in [3.05, 3.63) is 23.8 Å². The number of piperazine rings is 1. The Morgan fingerprint density at radius 1 is 1.03 bits per heavy atom. The zero-order valence-corrected chi connectivity index (χ0v) is 18.6. The van der Waals surface area contributed by atoms with Crippen LogP contribution in [-0.4, -0.2) is 118 Å². The minimum absolute atomic E-state index is 0.181. The molecule has 174 valence electrons. The molecule has 2 saturated heterocycles. The number of amides is 1. The van der Waals surface area contributed by atoms with Crippen molar-refractivity contribution in [1.82, 2.24) is 14.7 Å². The van der Waals surface area contributed by atoms with Gasteiger partial charge in [-0.15, -0.1) is 0 Å². The molecule has 9 heteroatoms. The molecule has 2 heterocycles. The minimum atomic E-state index is -0.554. The number of nitrogens with zero attached hydrogens (tertiary/aromatic N) is 3. The van der Waals surface area contributed by atoms with Crippen LogP contribution in [0.3, 0.4) is 0 Å². The molecule has 3 rings (SSSR count). The van der Waals surface area contributed by atoms with Crippen molar-refractivity contribution in [2.75, 3.05) is 86.4 Å². The quantitative estimate of drug-likeness (QED) is 0.550. The molecule has 1 atom stereocenters. The lowest BCUT2D eigenvalue weighted by Gasteiger charge is -2.36. The van der Waals surface area contributed by atoms with E-state index in [1.54, 1.807) is 14.2 Å². The second kappa shape index (κ2) is 12.2. The number of ether oxygens (including phenoxy) is 4. The number of hydrogen-bond acceptors (Lipinski definition) is 8. The predicted molar refractivity (Wildman–Crippen MR) is 115 cm³/mol. The van der Waals surface area contributed by atoms with Gasteiger partial charge in [0.2, 0.25) is 5.91 Å². The van der Waals surface area contributed by atoms with E-state index in [4.69, 9.17) is 18.9 Å². The molecule has 1 amide bonds. The van der Waals surface area contributed by atoms with Gasteiger partial charge in [-0.3, -0.25) is 14.6 Å². The number of aliphatic hydroxyl groups is 1. The van der Waals surface area contributed by atoms with Gasteiger partial charge in [0.15, 0.2) is 11.5 Å². The van der Waals surface area contributed by atoms with Gasteiger partial charge in [-0.25, -0.2) is 0 Å². The van der Waals surface area contributed by atoms with Crippen LogP contribution >= 0.6 is 0 Å². The van der Waals surface area contributed by atoms with Crippen molar-refractivity contribution in [3.8, 4) is 11.5 Å². The molecule has 0 bridgehead atoms. The maximum absolute atomic E-state index is 12.4. The first-order valence-electron chi connectivity index (χ1n) is 10.9. The van der Waals surface area contributed by atoms with E-state index in [0.717, 1.165) is 31.7 Å². The molecule has 0 saturated carbocycles. The number of carbonyl (C=O) groups excluding carboxylic acids is 1. The SMILES string of the molecule is COc1ccc(COCC(O)CN2CCN(CC(=O)N3CCOCC3)CC2)cc1OC. The molecule has 2 aliphatic heterocycles. The molecular weight excluding hydrogens is 402 g/mol. The molecule has 2 aliphatic rings. The predicted octanol–water partition coefficient (Wildman–Crippen LogP) is 0.0577. The summed E-state index contributed by atoms with van der Waals surface area (Å²) in [7, 11) is 3.21. The van der Waals surface area contributed by atoms with Gasteiger partial charge in [0.05, 0.1) is 53.3 Å². The van der Waals surface area contributed by atoms with Crippen LogP contribution in [0.15, 0.2) is 18.2 Å². The van der Waals surface area contributed by atoms with E-state index in [2.05, 4.69) is 9.80 Å². The second-order valence-electron chi connectivity index (χ2n) is 7.93. The lowest BCUT2D eigenvalue weighted by molar-refractivity contribution is -0.137. The number of methoxy groups -OCH3 is 2.